The van der Waals surface area contributed by atoms with Gasteiger partial charge in [0.05, 0.1) is 0 Å². The van der Waals surface area contributed by atoms with E-state index in [9.17, 15) is 0 Å². The first-order chi connectivity index (χ1) is 32.8. The van der Waals surface area contributed by atoms with Crippen LogP contribution in [0.4, 0.5) is 0 Å². The van der Waals surface area contributed by atoms with E-state index in [1.807, 2.05) is 0 Å². The Hall–Kier alpha value is -5.72. The van der Waals surface area contributed by atoms with Crippen molar-refractivity contribution in [2.24, 2.45) is 47.3 Å². The fourth-order valence-electron chi connectivity index (χ4n) is 18.6. The lowest BCUT2D eigenvalue weighted by Gasteiger charge is -2.54. The van der Waals surface area contributed by atoms with Gasteiger partial charge in [0.25, 0.3) is 0 Å². The maximum Gasteiger partial charge on any atom is 0.0159 e. The Bertz CT molecular complexity index is 3420. The summed E-state index contributed by atoms with van der Waals surface area (Å²) in [7, 11) is 0. The van der Waals surface area contributed by atoms with Crippen LogP contribution < -0.4 is 0 Å². The molecule has 67 heavy (non-hydrogen) atoms. The molecule has 0 atom stereocenters. The van der Waals surface area contributed by atoms with E-state index < -0.39 is 0 Å². The molecule has 8 saturated carbocycles. The van der Waals surface area contributed by atoms with E-state index in [1.165, 1.54) is 173 Å². The molecule has 9 aliphatic carbocycles. The zero-order valence-corrected chi connectivity index (χ0v) is 39.0. The van der Waals surface area contributed by atoms with Crippen LogP contribution >= 0.6 is 0 Å². The Morgan fingerprint density at radius 1 is 0.313 bits per heavy atom. The molecule has 0 heteroatoms. The molecular weight excluding hydrogens is 805 g/mol. The molecule has 0 N–H and O–H groups in total. The van der Waals surface area contributed by atoms with Crippen molar-refractivity contribution in [1.29, 1.82) is 0 Å². The summed E-state index contributed by atoms with van der Waals surface area (Å²) in [5, 5.41) is 17.0. The summed E-state index contributed by atoms with van der Waals surface area (Å²) in [6.07, 6.45) is 14.8. The Morgan fingerprint density at radius 2 is 0.642 bits per heavy atom. The molecular formula is C67H58. The second-order valence-electron chi connectivity index (χ2n) is 24.5. The SMILES string of the molecule is CC1(C)c2cc(-c3ccc4ccc5cc(C6C7CC8CC(C7)CC6C8)cc6ccc3c4c56)ccc2-c2ccc(-c3ccc4ccc5cc(C6C7CC8CC(C7)CC6C8)cc6ccc3c4c56)cc21. The van der Waals surface area contributed by atoms with Crippen molar-refractivity contribution in [3.8, 4) is 33.4 Å². The normalized spacial score (nSPS) is 29.8. The number of fused-ring (bicyclic) bond motifs is 3. The molecule has 0 heterocycles. The molecule has 0 aromatic heterocycles. The van der Waals surface area contributed by atoms with E-state index in [0.717, 1.165) is 59.2 Å². The van der Waals surface area contributed by atoms with Crippen LogP contribution in [0.3, 0.4) is 0 Å². The van der Waals surface area contributed by atoms with Crippen molar-refractivity contribution in [2.75, 3.05) is 0 Å². The van der Waals surface area contributed by atoms with Crippen molar-refractivity contribution in [3.63, 3.8) is 0 Å². The lowest BCUT2D eigenvalue weighted by atomic mass is 9.50. The van der Waals surface area contributed by atoms with Crippen LogP contribution in [0.1, 0.15) is 112 Å². The van der Waals surface area contributed by atoms with Crippen LogP contribution in [0.25, 0.3) is 98.0 Å². The van der Waals surface area contributed by atoms with Crippen LogP contribution in [-0.2, 0) is 5.41 Å². The van der Waals surface area contributed by atoms with E-state index in [-0.39, 0.29) is 5.41 Å². The fourth-order valence-corrected chi connectivity index (χ4v) is 18.6. The van der Waals surface area contributed by atoms with Crippen molar-refractivity contribution < 1.29 is 0 Å². The average Bonchev–Trinajstić information content (AvgIpc) is 3.56. The van der Waals surface area contributed by atoms with E-state index in [2.05, 4.69) is 147 Å². The third-order valence-electron chi connectivity index (χ3n) is 20.8. The Labute approximate surface area is 394 Å². The van der Waals surface area contributed by atoms with Crippen molar-refractivity contribution >= 4 is 64.6 Å². The van der Waals surface area contributed by atoms with Crippen molar-refractivity contribution in [2.45, 2.75) is 95.3 Å². The molecule has 9 aliphatic rings. The first-order valence-electron chi connectivity index (χ1n) is 26.6. The highest BCUT2D eigenvalue weighted by Gasteiger charge is 2.50. The summed E-state index contributed by atoms with van der Waals surface area (Å²) in [5.74, 6) is 9.13. The van der Waals surface area contributed by atoms with E-state index in [0.29, 0.717) is 0 Å². The van der Waals surface area contributed by atoms with Gasteiger partial charge in [-0.2, -0.15) is 0 Å². The summed E-state index contributed by atoms with van der Waals surface area (Å²) in [6, 6.07) is 54.3. The van der Waals surface area contributed by atoms with Gasteiger partial charge in [-0.1, -0.05) is 135 Å². The van der Waals surface area contributed by atoms with Gasteiger partial charge >= 0.3 is 0 Å². The molecule has 0 nitrogen and oxygen atoms in total. The van der Waals surface area contributed by atoms with E-state index in [1.54, 1.807) is 11.1 Å². The predicted molar refractivity (Wildman–Crippen MR) is 282 cm³/mol. The second kappa shape index (κ2) is 12.9. The molecule has 19 rings (SSSR count). The van der Waals surface area contributed by atoms with Gasteiger partial charge in [0, 0.05) is 5.41 Å². The smallest absolute Gasteiger partial charge is 0.0159 e. The lowest BCUT2D eigenvalue weighted by Crippen LogP contribution is -2.43. The Kier molecular flexibility index (Phi) is 7.16. The highest BCUT2D eigenvalue weighted by atomic mass is 14.5. The fraction of sp³-hybridized carbons (Fsp3) is 0.343. The molecule has 0 aliphatic heterocycles. The van der Waals surface area contributed by atoms with Gasteiger partial charge in [0.2, 0.25) is 0 Å². The van der Waals surface area contributed by atoms with Crippen molar-refractivity contribution in [1.82, 2.24) is 0 Å². The minimum atomic E-state index is -0.132. The molecule has 0 spiro atoms. The molecule has 0 amide bonds. The molecule has 8 bridgehead atoms. The molecule has 10 aromatic carbocycles. The van der Waals surface area contributed by atoms with E-state index in [4.69, 9.17) is 0 Å². The number of rotatable bonds is 4. The van der Waals surface area contributed by atoms with Crippen LogP contribution in [-0.4, -0.2) is 0 Å². The summed E-state index contributed by atoms with van der Waals surface area (Å²) in [6.45, 7) is 4.92. The highest BCUT2D eigenvalue weighted by Crippen LogP contribution is 2.62. The van der Waals surface area contributed by atoms with Gasteiger partial charge < -0.3 is 0 Å². The van der Waals surface area contributed by atoms with Gasteiger partial charge in [-0.05, 0) is 256 Å². The van der Waals surface area contributed by atoms with Gasteiger partial charge in [0.1, 0.15) is 0 Å². The first kappa shape index (κ1) is 37.3. The molecule has 0 unspecified atom stereocenters. The Balaban J connectivity index is 0.734. The van der Waals surface area contributed by atoms with Crippen LogP contribution in [0.2, 0.25) is 0 Å². The van der Waals surface area contributed by atoms with Crippen LogP contribution in [0, 0.1) is 47.3 Å². The van der Waals surface area contributed by atoms with Gasteiger partial charge in [-0.15, -0.1) is 0 Å². The monoisotopic (exact) mass is 862 g/mol. The van der Waals surface area contributed by atoms with Gasteiger partial charge in [-0.25, -0.2) is 0 Å². The zero-order chi connectivity index (χ0) is 43.6. The molecule has 8 fully saturated rings. The summed E-state index contributed by atoms with van der Waals surface area (Å²) < 4.78 is 0. The topological polar surface area (TPSA) is 0 Å². The summed E-state index contributed by atoms with van der Waals surface area (Å²) >= 11 is 0. The minimum absolute atomic E-state index is 0.132. The van der Waals surface area contributed by atoms with Crippen LogP contribution in [0.15, 0.2) is 133 Å². The third kappa shape index (κ3) is 5.00. The van der Waals surface area contributed by atoms with Gasteiger partial charge in [-0.3, -0.25) is 0 Å². The minimum Gasteiger partial charge on any atom is -0.0537 e. The molecule has 0 saturated heterocycles. The van der Waals surface area contributed by atoms with Crippen LogP contribution in [0.5, 0.6) is 0 Å². The zero-order valence-electron chi connectivity index (χ0n) is 39.0. The summed E-state index contributed by atoms with van der Waals surface area (Å²) in [4.78, 5) is 0. The van der Waals surface area contributed by atoms with Crippen molar-refractivity contribution in [3.05, 3.63) is 156 Å². The first-order valence-corrected chi connectivity index (χ1v) is 26.6. The maximum atomic E-state index is 2.62. The molecule has 326 valence electrons. The molecule has 10 aromatic rings. The third-order valence-corrected chi connectivity index (χ3v) is 20.8. The molecule has 0 radical (unpaired) electrons. The summed E-state index contributed by atoms with van der Waals surface area (Å²) in [5.41, 5.74) is 14.1. The number of hydrogen-bond donors (Lipinski definition) is 0. The maximum absolute atomic E-state index is 2.62. The highest BCUT2D eigenvalue weighted by molar-refractivity contribution is 6.27. The standard InChI is InChI=1S/C67H58/c1-67(2)59-33-41(53-13-7-39-3-5-43-29-51(31-45-11-17-57(53)65(39)63(43)45)61-47-21-35-19-36(23-47)24-48(61)22-35)9-15-55(59)56-16-10-42(34-60(56)67)54-14-8-40-4-6-44-30-52(32-46-12-18-58(54)66(40)64(44)46)62-49-25-37-20-38(27-49)28-50(62)26-37/h3-18,29-38,47-50,61-62H,19-28H2,1-2H3. The predicted octanol–water partition coefficient (Wildman–Crippen LogP) is 18.2. The largest absolute Gasteiger partial charge is 0.0537 e. The van der Waals surface area contributed by atoms with E-state index >= 15 is 0 Å². The Morgan fingerprint density at radius 3 is 1.03 bits per heavy atom. The number of hydrogen-bond acceptors (Lipinski definition) is 0. The quantitative estimate of drug-likeness (QED) is 0.155. The average molecular weight is 863 g/mol. The van der Waals surface area contributed by atoms with Gasteiger partial charge in [0.15, 0.2) is 0 Å². The second-order valence-corrected chi connectivity index (χ2v) is 24.5. The lowest BCUT2D eigenvalue weighted by molar-refractivity contribution is -0.00276. The number of benzene rings is 10.